The minimum Gasteiger partial charge on any atom is -0.356 e. The van der Waals surface area contributed by atoms with E-state index in [1.807, 2.05) is 6.92 Å². The van der Waals surface area contributed by atoms with Crippen LogP contribution in [0.4, 0.5) is 5.82 Å². The van der Waals surface area contributed by atoms with Crippen LogP contribution in [-0.2, 0) is 0 Å². The highest BCUT2D eigenvalue weighted by atomic mass is 32.1. The van der Waals surface area contributed by atoms with Gasteiger partial charge in [-0.15, -0.1) is 22.7 Å². The highest BCUT2D eigenvalue weighted by Gasteiger charge is 2.19. The standard InChI is InChI=1S/C12H15N3S2/c1-8-11(15-5-3-4-6-15)14-12(17-8)10-7-16-9(2)13-10/h7H,3-6H2,1-2H3. The van der Waals surface area contributed by atoms with Crippen LogP contribution < -0.4 is 4.90 Å². The maximum atomic E-state index is 4.76. The van der Waals surface area contributed by atoms with Crippen LogP contribution in [0, 0.1) is 13.8 Å². The van der Waals surface area contributed by atoms with Crippen molar-refractivity contribution in [3.05, 3.63) is 15.3 Å². The Morgan fingerprint density at radius 3 is 2.59 bits per heavy atom. The Kier molecular flexibility index (Phi) is 2.88. The summed E-state index contributed by atoms with van der Waals surface area (Å²) in [6.45, 7) is 6.50. The first-order valence-electron chi connectivity index (χ1n) is 5.89. The number of nitrogens with zero attached hydrogens (tertiary/aromatic N) is 3. The van der Waals surface area contributed by atoms with Crippen LogP contribution in [0.5, 0.6) is 0 Å². The molecule has 2 aromatic heterocycles. The quantitative estimate of drug-likeness (QED) is 0.832. The van der Waals surface area contributed by atoms with Crippen LogP contribution in [0.25, 0.3) is 10.7 Å². The molecule has 90 valence electrons. The van der Waals surface area contributed by atoms with Gasteiger partial charge in [-0.05, 0) is 26.7 Å². The number of aromatic nitrogens is 2. The van der Waals surface area contributed by atoms with Crippen LogP contribution in [0.15, 0.2) is 5.38 Å². The molecule has 1 aliphatic heterocycles. The molecule has 0 bridgehead atoms. The van der Waals surface area contributed by atoms with Gasteiger partial charge in [-0.2, -0.15) is 0 Å². The zero-order valence-corrected chi connectivity index (χ0v) is 11.7. The van der Waals surface area contributed by atoms with E-state index in [2.05, 4.69) is 22.2 Å². The zero-order chi connectivity index (χ0) is 11.8. The van der Waals surface area contributed by atoms with Crippen LogP contribution in [0.2, 0.25) is 0 Å². The van der Waals surface area contributed by atoms with Gasteiger partial charge in [0.05, 0.1) is 5.01 Å². The van der Waals surface area contributed by atoms with Crippen molar-refractivity contribution in [1.82, 2.24) is 9.97 Å². The molecule has 0 saturated carbocycles. The molecule has 0 atom stereocenters. The molecule has 0 spiro atoms. The van der Waals surface area contributed by atoms with Gasteiger partial charge in [0.25, 0.3) is 0 Å². The van der Waals surface area contributed by atoms with Gasteiger partial charge in [0.15, 0.2) is 0 Å². The average molecular weight is 265 g/mol. The molecule has 0 aliphatic carbocycles. The lowest BCUT2D eigenvalue weighted by Crippen LogP contribution is -2.18. The van der Waals surface area contributed by atoms with Crippen LogP contribution in [0.1, 0.15) is 22.7 Å². The molecular weight excluding hydrogens is 250 g/mol. The summed E-state index contributed by atoms with van der Waals surface area (Å²) in [6, 6.07) is 0. The van der Waals surface area contributed by atoms with E-state index < -0.39 is 0 Å². The van der Waals surface area contributed by atoms with Gasteiger partial charge in [-0.1, -0.05) is 0 Å². The van der Waals surface area contributed by atoms with Crippen LogP contribution >= 0.6 is 22.7 Å². The third kappa shape index (κ3) is 2.09. The number of thiazole rings is 2. The number of aryl methyl sites for hydroxylation is 2. The van der Waals surface area contributed by atoms with Gasteiger partial charge >= 0.3 is 0 Å². The molecule has 17 heavy (non-hydrogen) atoms. The van der Waals surface area contributed by atoms with Gasteiger partial charge in [0.2, 0.25) is 0 Å². The molecule has 0 N–H and O–H groups in total. The molecule has 3 heterocycles. The summed E-state index contributed by atoms with van der Waals surface area (Å²) in [7, 11) is 0. The highest BCUT2D eigenvalue weighted by Crippen LogP contribution is 2.34. The Hall–Kier alpha value is -0.940. The van der Waals surface area contributed by atoms with E-state index in [-0.39, 0.29) is 0 Å². The number of rotatable bonds is 2. The first-order valence-corrected chi connectivity index (χ1v) is 7.58. The van der Waals surface area contributed by atoms with E-state index in [1.54, 1.807) is 22.7 Å². The van der Waals surface area contributed by atoms with E-state index in [0.29, 0.717) is 0 Å². The second-order valence-corrected chi connectivity index (χ2v) is 6.61. The molecule has 3 rings (SSSR count). The van der Waals surface area contributed by atoms with Crippen molar-refractivity contribution in [2.75, 3.05) is 18.0 Å². The molecule has 2 aromatic rings. The van der Waals surface area contributed by atoms with Crippen molar-refractivity contribution in [2.24, 2.45) is 0 Å². The summed E-state index contributed by atoms with van der Waals surface area (Å²) >= 11 is 3.45. The molecule has 1 aliphatic rings. The Labute approximate surface area is 109 Å². The van der Waals surface area contributed by atoms with Crippen molar-refractivity contribution < 1.29 is 0 Å². The maximum absolute atomic E-state index is 4.76. The van der Waals surface area contributed by atoms with Crippen molar-refractivity contribution in [3.8, 4) is 10.7 Å². The van der Waals surface area contributed by atoms with Gasteiger partial charge in [-0.25, -0.2) is 9.97 Å². The fraction of sp³-hybridized carbons (Fsp3) is 0.500. The lowest BCUT2D eigenvalue weighted by atomic mass is 10.4. The summed E-state index contributed by atoms with van der Waals surface area (Å²) in [6.07, 6.45) is 2.59. The van der Waals surface area contributed by atoms with Gasteiger partial charge in [0.1, 0.15) is 16.5 Å². The lowest BCUT2D eigenvalue weighted by Gasteiger charge is -2.14. The largest absolute Gasteiger partial charge is 0.356 e. The van der Waals surface area contributed by atoms with E-state index in [0.717, 1.165) is 28.8 Å². The van der Waals surface area contributed by atoms with E-state index in [1.165, 1.54) is 23.5 Å². The fourth-order valence-electron chi connectivity index (χ4n) is 2.18. The maximum Gasteiger partial charge on any atom is 0.145 e. The molecule has 0 amide bonds. The molecule has 0 aromatic carbocycles. The third-order valence-electron chi connectivity index (χ3n) is 3.02. The first kappa shape index (κ1) is 11.2. The lowest BCUT2D eigenvalue weighted by molar-refractivity contribution is 0.940. The summed E-state index contributed by atoms with van der Waals surface area (Å²) in [5.41, 5.74) is 1.03. The number of anilines is 1. The topological polar surface area (TPSA) is 29.0 Å². The van der Waals surface area contributed by atoms with Crippen molar-refractivity contribution in [1.29, 1.82) is 0 Å². The second-order valence-electron chi connectivity index (χ2n) is 4.34. The van der Waals surface area contributed by atoms with E-state index in [4.69, 9.17) is 4.98 Å². The van der Waals surface area contributed by atoms with Crippen LogP contribution in [-0.4, -0.2) is 23.1 Å². The highest BCUT2D eigenvalue weighted by molar-refractivity contribution is 7.16. The van der Waals surface area contributed by atoms with Crippen molar-refractivity contribution in [2.45, 2.75) is 26.7 Å². The molecule has 5 heteroatoms. The summed E-state index contributed by atoms with van der Waals surface area (Å²) in [5, 5.41) is 4.27. The fourth-order valence-corrected chi connectivity index (χ4v) is 3.75. The molecule has 3 nitrogen and oxygen atoms in total. The monoisotopic (exact) mass is 265 g/mol. The summed E-state index contributed by atoms with van der Waals surface area (Å²) < 4.78 is 0. The number of hydrogen-bond donors (Lipinski definition) is 0. The Morgan fingerprint density at radius 2 is 1.94 bits per heavy atom. The van der Waals surface area contributed by atoms with Crippen molar-refractivity contribution in [3.63, 3.8) is 0 Å². The second kappa shape index (κ2) is 4.38. The van der Waals surface area contributed by atoms with E-state index in [9.17, 15) is 0 Å². The average Bonchev–Trinajstić information content (AvgIpc) is 2.96. The Balaban J connectivity index is 1.94. The zero-order valence-electron chi connectivity index (χ0n) is 10.1. The first-order chi connectivity index (χ1) is 8.24. The molecule has 0 unspecified atom stereocenters. The normalized spacial score (nSPS) is 15.8. The van der Waals surface area contributed by atoms with Gasteiger partial charge < -0.3 is 4.90 Å². The number of hydrogen-bond acceptors (Lipinski definition) is 5. The minimum atomic E-state index is 1.03. The summed E-state index contributed by atoms with van der Waals surface area (Å²) in [4.78, 5) is 13.0. The smallest absolute Gasteiger partial charge is 0.145 e. The Morgan fingerprint density at radius 1 is 1.18 bits per heavy atom. The van der Waals surface area contributed by atoms with Gasteiger partial charge in [0, 0.05) is 23.3 Å². The van der Waals surface area contributed by atoms with Gasteiger partial charge in [-0.3, -0.25) is 0 Å². The molecule has 1 fully saturated rings. The van der Waals surface area contributed by atoms with Crippen molar-refractivity contribution >= 4 is 28.5 Å². The molecule has 1 saturated heterocycles. The SMILES string of the molecule is Cc1nc(-c2nc(N3CCCC3)c(C)s2)cs1. The molecular formula is C12H15N3S2. The summed E-state index contributed by atoms with van der Waals surface area (Å²) in [5.74, 6) is 1.17. The van der Waals surface area contributed by atoms with E-state index >= 15 is 0 Å². The third-order valence-corrected chi connectivity index (χ3v) is 4.77. The van der Waals surface area contributed by atoms with Crippen LogP contribution in [0.3, 0.4) is 0 Å². The Bertz CT molecular complexity index is 524. The predicted octanol–water partition coefficient (Wildman–Crippen LogP) is 3.48. The minimum absolute atomic E-state index is 1.03. The predicted molar refractivity (Wildman–Crippen MR) is 74.1 cm³/mol. The molecule has 0 radical (unpaired) electrons.